The molecule has 0 aliphatic carbocycles. The number of piperidine rings is 1. The van der Waals surface area contributed by atoms with Crippen LogP contribution in [0, 0.1) is 10.1 Å². The molecule has 2 aromatic rings. The van der Waals surface area contributed by atoms with E-state index in [0.29, 0.717) is 18.3 Å². The summed E-state index contributed by atoms with van der Waals surface area (Å²) in [6.07, 6.45) is 3.39. The van der Waals surface area contributed by atoms with Crippen molar-refractivity contribution in [3.63, 3.8) is 0 Å². The summed E-state index contributed by atoms with van der Waals surface area (Å²) in [4.78, 5) is 34.8. The van der Waals surface area contributed by atoms with Gasteiger partial charge in [-0.1, -0.05) is 30.3 Å². The standard InChI is InChI=1S/C23H29N5O3/c1-18-7-5-6-12-27(18)22(29)17-25-13-15-26(16-14-25)21-11-10-20(28(30)31)23(24-21)19-8-3-2-4-9-19/h2-4,8-11,18H,5-7,12-17H2,1H3. The molecule has 0 saturated carbocycles. The van der Waals surface area contributed by atoms with Gasteiger partial charge in [0.2, 0.25) is 5.91 Å². The first-order valence-corrected chi connectivity index (χ1v) is 11.0. The van der Waals surface area contributed by atoms with Crippen molar-refractivity contribution in [3.8, 4) is 11.3 Å². The van der Waals surface area contributed by atoms with E-state index in [1.807, 2.05) is 35.2 Å². The van der Waals surface area contributed by atoms with Crippen LogP contribution >= 0.6 is 0 Å². The summed E-state index contributed by atoms with van der Waals surface area (Å²) in [7, 11) is 0. The predicted molar refractivity (Wildman–Crippen MR) is 120 cm³/mol. The van der Waals surface area contributed by atoms with E-state index in [-0.39, 0.29) is 16.5 Å². The summed E-state index contributed by atoms with van der Waals surface area (Å²) in [5.41, 5.74) is 1.13. The fourth-order valence-corrected chi connectivity index (χ4v) is 4.46. The maximum Gasteiger partial charge on any atom is 0.295 e. The van der Waals surface area contributed by atoms with Gasteiger partial charge < -0.3 is 9.80 Å². The summed E-state index contributed by atoms with van der Waals surface area (Å²) in [5.74, 6) is 0.959. The molecule has 1 amide bonds. The van der Waals surface area contributed by atoms with E-state index in [1.165, 1.54) is 12.5 Å². The van der Waals surface area contributed by atoms with Gasteiger partial charge in [-0.3, -0.25) is 19.8 Å². The lowest BCUT2D eigenvalue weighted by atomic mass is 10.0. The fraction of sp³-hybridized carbons (Fsp3) is 0.478. The Bertz CT molecular complexity index is 928. The molecular weight excluding hydrogens is 394 g/mol. The smallest absolute Gasteiger partial charge is 0.295 e. The Labute approximate surface area is 182 Å². The van der Waals surface area contributed by atoms with Gasteiger partial charge in [-0.25, -0.2) is 4.98 Å². The first kappa shape index (κ1) is 21.2. The molecule has 4 rings (SSSR count). The number of anilines is 1. The van der Waals surface area contributed by atoms with Crippen molar-refractivity contribution in [2.24, 2.45) is 0 Å². The topological polar surface area (TPSA) is 82.8 Å². The molecule has 0 N–H and O–H groups in total. The molecule has 2 saturated heterocycles. The lowest BCUT2D eigenvalue weighted by molar-refractivity contribution is -0.384. The van der Waals surface area contributed by atoms with Crippen molar-refractivity contribution in [2.45, 2.75) is 32.2 Å². The van der Waals surface area contributed by atoms with Crippen LogP contribution in [0.3, 0.4) is 0 Å². The molecule has 1 aromatic carbocycles. The maximum atomic E-state index is 12.7. The minimum absolute atomic E-state index is 0.00911. The summed E-state index contributed by atoms with van der Waals surface area (Å²) in [6, 6.07) is 12.9. The summed E-state index contributed by atoms with van der Waals surface area (Å²) in [6.45, 7) is 6.49. The van der Waals surface area contributed by atoms with E-state index >= 15 is 0 Å². The van der Waals surface area contributed by atoms with Crippen molar-refractivity contribution in [2.75, 3.05) is 44.2 Å². The van der Waals surface area contributed by atoms with E-state index in [2.05, 4.69) is 21.7 Å². The lowest BCUT2D eigenvalue weighted by Crippen LogP contribution is -2.52. The van der Waals surface area contributed by atoms with Crippen LogP contribution < -0.4 is 4.90 Å². The van der Waals surface area contributed by atoms with Gasteiger partial charge in [0, 0.05) is 50.4 Å². The third-order valence-corrected chi connectivity index (χ3v) is 6.28. The highest BCUT2D eigenvalue weighted by molar-refractivity contribution is 5.78. The van der Waals surface area contributed by atoms with Crippen molar-refractivity contribution in [1.82, 2.24) is 14.8 Å². The van der Waals surface area contributed by atoms with Crippen LogP contribution in [-0.2, 0) is 4.79 Å². The SMILES string of the molecule is CC1CCCCN1C(=O)CN1CCN(c2ccc([N+](=O)[O-])c(-c3ccccc3)n2)CC1. The molecule has 1 unspecified atom stereocenters. The number of nitro groups is 1. The minimum atomic E-state index is -0.385. The number of piperazine rings is 1. The number of carbonyl (C=O) groups is 1. The molecule has 1 atom stereocenters. The van der Waals surface area contributed by atoms with Gasteiger partial charge in [0.1, 0.15) is 5.82 Å². The van der Waals surface area contributed by atoms with Crippen molar-refractivity contribution in [1.29, 1.82) is 0 Å². The van der Waals surface area contributed by atoms with Crippen molar-refractivity contribution < 1.29 is 9.72 Å². The Morgan fingerprint density at radius 2 is 1.81 bits per heavy atom. The normalized spacial score (nSPS) is 20.0. The van der Waals surface area contributed by atoms with E-state index in [4.69, 9.17) is 0 Å². The number of amides is 1. The molecule has 8 heteroatoms. The minimum Gasteiger partial charge on any atom is -0.354 e. The monoisotopic (exact) mass is 423 g/mol. The van der Waals surface area contributed by atoms with E-state index in [9.17, 15) is 14.9 Å². The number of likely N-dealkylation sites (tertiary alicyclic amines) is 1. The lowest BCUT2D eigenvalue weighted by Gasteiger charge is -2.38. The number of rotatable bonds is 5. The molecule has 2 aliphatic rings. The fourth-order valence-electron chi connectivity index (χ4n) is 4.46. The van der Waals surface area contributed by atoms with Gasteiger partial charge in [-0.05, 0) is 32.3 Å². The summed E-state index contributed by atoms with van der Waals surface area (Å²) >= 11 is 0. The Morgan fingerprint density at radius 3 is 2.48 bits per heavy atom. The van der Waals surface area contributed by atoms with Crippen LogP contribution in [0.15, 0.2) is 42.5 Å². The van der Waals surface area contributed by atoms with Crippen molar-refractivity contribution >= 4 is 17.4 Å². The Morgan fingerprint density at radius 1 is 1.06 bits per heavy atom. The average Bonchev–Trinajstić information content (AvgIpc) is 2.80. The predicted octanol–water partition coefficient (Wildman–Crippen LogP) is 3.18. The van der Waals surface area contributed by atoms with Crippen LogP contribution in [0.5, 0.6) is 0 Å². The highest BCUT2D eigenvalue weighted by Gasteiger charge is 2.27. The van der Waals surface area contributed by atoms with Gasteiger partial charge in [-0.2, -0.15) is 0 Å². The van der Waals surface area contributed by atoms with Gasteiger partial charge in [0.05, 0.1) is 11.5 Å². The zero-order valence-corrected chi connectivity index (χ0v) is 17.9. The molecule has 0 spiro atoms. The van der Waals surface area contributed by atoms with Crippen LogP contribution in [0.2, 0.25) is 0 Å². The third kappa shape index (κ3) is 4.85. The number of nitrogens with zero attached hydrogens (tertiary/aromatic N) is 5. The van der Waals surface area contributed by atoms with Crippen LogP contribution in [-0.4, -0.2) is 70.9 Å². The zero-order chi connectivity index (χ0) is 21.8. The Kier molecular flexibility index (Phi) is 6.46. The number of pyridine rings is 1. The molecule has 1 aromatic heterocycles. The van der Waals surface area contributed by atoms with Crippen LogP contribution in [0.1, 0.15) is 26.2 Å². The number of aromatic nitrogens is 1. The van der Waals surface area contributed by atoms with Gasteiger partial charge in [0.25, 0.3) is 5.69 Å². The second-order valence-corrected chi connectivity index (χ2v) is 8.36. The quantitative estimate of drug-likeness (QED) is 0.543. The molecule has 8 nitrogen and oxygen atoms in total. The molecule has 31 heavy (non-hydrogen) atoms. The number of hydrogen-bond acceptors (Lipinski definition) is 6. The number of benzene rings is 1. The highest BCUT2D eigenvalue weighted by Crippen LogP contribution is 2.30. The molecule has 3 heterocycles. The molecule has 0 bridgehead atoms. The second-order valence-electron chi connectivity index (χ2n) is 8.36. The Hall–Kier alpha value is -3.00. The largest absolute Gasteiger partial charge is 0.354 e. The molecule has 0 radical (unpaired) electrons. The number of hydrogen-bond donors (Lipinski definition) is 0. The van der Waals surface area contributed by atoms with Crippen LogP contribution in [0.25, 0.3) is 11.3 Å². The molecular formula is C23H29N5O3. The van der Waals surface area contributed by atoms with Gasteiger partial charge in [0.15, 0.2) is 5.69 Å². The van der Waals surface area contributed by atoms with Gasteiger partial charge >= 0.3 is 0 Å². The molecule has 2 fully saturated rings. The van der Waals surface area contributed by atoms with E-state index in [0.717, 1.165) is 56.9 Å². The highest BCUT2D eigenvalue weighted by atomic mass is 16.6. The second kappa shape index (κ2) is 9.43. The summed E-state index contributed by atoms with van der Waals surface area (Å²) in [5, 5.41) is 11.5. The van der Waals surface area contributed by atoms with E-state index in [1.54, 1.807) is 6.07 Å². The summed E-state index contributed by atoms with van der Waals surface area (Å²) < 4.78 is 0. The number of carbonyl (C=O) groups excluding carboxylic acids is 1. The average molecular weight is 424 g/mol. The first-order valence-electron chi connectivity index (χ1n) is 11.0. The first-order chi connectivity index (χ1) is 15.0. The molecule has 164 valence electrons. The zero-order valence-electron chi connectivity index (χ0n) is 17.9. The van der Waals surface area contributed by atoms with E-state index < -0.39 is 0 Å². The third-order valence-electron chi connectivity index (χ3n) is 6.28. The van der Waals surface area contributed by atoms with Gasteiger partial charge in [-0.15, -0.1) is 0 Å². The maximum absolute atomic E-state index is 12.7. The van der Waals surface area contributed by atoms with Crippen molar-refractivity contribution in [3.05, 3.63) is 52.6 Å². The molecule has 2 aliphatic heterocycles. The Balaban J connectivity index is 1.42. The van der Waals surface area contributed by atoms with Crippen LogP contribution in [0.4, 0.5) is 11.5 Å².